The number of nitrogens with two attached hydrogens (primary N) is 1. The van der Waals surface area contributed by atoms with Crippen molar-refractivity contribution in [2.75, 3.05) is 0 Å². The Morgan fingerprint density at radius 1 is 0.920 bits per heavy atom. The highest BCUT2D eigenvalue weighted by Gasteiger charge is 2.16. The molecule has 126 valence electrons. The number of carbonyl (C=O) groups is 1. The number of aromatic hydroxyl groups is 1. The van der Waals surface area contributed by atoms with Gasteiger partial charge in [-0.1, -0.05) is 67.9 Å². The molecule has 3 rings (SSSR count). The summed E-state index contributed by atoms with van der Waals surface area (Å²) in [7, 11) is 0. The second kappa shape index (κ2) is 7.22. The minimum absolute atomic E-state index is 0.00436. The van der Waals surface area contributed by atoms with Crippen molar-refractivity contribution in [3.63, 3.8) is 0 Å². The van der Waals surface area contributed by atoms with E-state index >= 15 is 0 Å². The van der Waals surface area contributed by atoms with E-state index in [-0.39, 0.29) is 11.3 Å². The van der Waals surface area contributed by atoms with Gasteiger partial charge in [0, 0.05) is 0 Å². The van der Waals surface area contributed by atoms with E-state index in [1.54, 1.807) is 6.07 Å². The van der Waals surface area contributed by atoms with Gasteiger partial charge >= 0.3 is 0 Å². The Morgan fingerprint density at radius 2 is 1.52 bits per heavy atom. The lowest BCUT2D eigenvalue weighted by Gasteiger charge is -2.14. The van der Waals surface area contributed by atoms with Gasteiger partial charge < -0.3 is 10.8 Å². The van der Waals surface area contributed by atoms with Gasteiger partial charge in [-0.3, -0.25) is 4.79 Å². The summed E-state index contributed by atoms with van der Waals surface area (Å²) in [4.78, 5) is 11.8. The van der Waals surface area contributed by atoms with Gasteiger partial charge in [-0.05, 0) is 46.4 Å². The van der Waals surface area contributed by atoms with Crippen molar-refractivity contribution in [2.24, 2.45) is 5.73 Å². The number of amides is 1. The van der Waals surface area contributed by atoms with Crippen LogP contribution in [-0.4, -0.2) is 11.0 Å². The van der Waals surface area contributed by atoms with Crippen LogP contribution in [0.2, 0.25) is 0 Å². The van der Waals surface area contributed by atoms with E-state index in [0.29, 0.717) is 6.42 Å². The number of rotatable bonds is 5. The molecule has 3 N–H and O–H groups in total. The van der Waals surface area contributed by atoms with Crippen LogP contribution in [0.1, 0.15) is 29.3 Å². The summed E-state index contributed by atoms with van der Waals surface area (Å²) in [5.41, 5.74) is 10.5. The van der Waals surface area contributed by atoms with E-state index in [1.807, 2.05) is 49.4 Å². The minimum atomic E-state index is -0.617. The first kappa shape index (κ1) is 16.8. The Labute approximate surface area is 147 Å². The molecule has 0 unspecified atom stereocenters. The zero-order valence-electron chi connectivity index (χ0n) is 14.2. The van der Waals surface area contributed by atoms with Crippen molar-refractivity contribution in [1.29, 1.82) is 0 Å². The molecule has 0 heterocycles. The van der Waals surface area contributed by atoms with Crippen molar-refractivity contribution >= 4 is 5.91 Å². The van der Waals surface area contributed by atoms with Gasteiger partial charge in [-0.15, -0.1) is 0 Å². The van der Waals surface area contributed by atoms with E-state index < -0.39 is 5.91 Å². The Bertz CT molecular complexity index is 901. The average Bonchev–Trinajstić information content (AvgIpc) is 2.64. The molecule has 0 saturated carbocycles. The SMILES string of the molecule is CCCc1cc(-c2ccccc2-c2ccccc2)cc(C(N)=O)c1O. The van der Waals surface area contributed by atoms with E-state index in [4.69, 9.17) is 5.73 Å². The van der Waals surface area contributed by atoms with Crippen LogP contribution in [0.5, 0.6) is 5.75 Å². The summed E-state index contributed by atoms with van der Waals surface area (Å²) in [6, 6.07) is 21.8. The van der Waals surface area contributed by atoms with E-state index in [1.165, 1.54) is 0 Å². The fourth-order valence-electron chi connectivity index (χ4n) is 3.10. The predicted molar refractivity (Wildman–Crippen MR) is 101 cm³/mol. The molecule has 25 heavy (non-hydrogen) atoms. The number of phenols is 1. The highest BCUT2D eigenvalue weighted by Crippen LogP contribution is 2.36. The molecule has 1 amide bonds. The molecular formula is C22H21NO2. The third-order valence-corrected chi connectivity index (χ3v) is 4.30. The highest BCUT2D eigenvalue weighted by atomic mass is 16.3. The van der Waals surface area contributed by atoms with Gasteiger partial charge in [0.15, 0.2) is 0 Å². The summed E-state index contributed by atoms with van der Waals surface area (Å²) in [6.45, 7) is 2.04. The van der Waals surface area contributed by atoms with E-state index in [2.05, 4.69) is 18.2 Å². The Morgan fingerprint density at radius 3 is 2.12 bits per heavy atom. The molecule has 3 nitrogen and oxygen atoms in total. The molecule has 3 aromatic rings. The second-order valence-electron chi connectivity index (χ2n) is 6.06. The molecule has 3 heteroatoms. The van der Waals surface area contributed by atoms with Gasteiger partial charge in [-0.25, -0.2) is 0 Å². The number of primary amides is 1. The maximum absolute atomic E-state index is 11.8. The molecule has 0 radical (unpaired) electrons. The van der Waals surface area contributed by atoms with Gasteiger partial charge in [-0.2, -0.15) is 0 Å². The fraction of sp³-hybridized carbons (Fsp3) is 0.136. The molecule has 0 saturated heterocycles. The molecule has 0 bridgehead atoms. The van der Waals surface area contributed by atoms with Crippen molar-refractivity contribution in [1.82, 2.24) is 0 Å². The lowest BCUT2D eigenvalue weighted by molar-refractivity contribution is 0.0997. The first-order valence-electron chi connectivity index (χ1n) is 8.42. The van der Waals surface area contributed by atoms with Gasteiger partial charge in [0.2, 0.25) is 0 Å². The van der Waals surface area contributed by atoms with Crippen molar-refractivity contribution in [3.8, 4) is 28.0 Å². The monoisotopic (exact) mass is 331 g/mol. The van der Waals surface area contributed by atoms with Gasteiger partial charge in [0.1, 0.15) is 5.75 Å². The van der Waals surface area contributed by atoms with Crippen LogP contribution in [0.25, 0.3) is 22.3 Å². The normalized spacial score (nSPS) is 10.6. The standard InChI is InChI=1S/C22H21NO2/c1-2-8-16-13-17(14-20(21(16)24)22(23)25)19-12-7-6-11-18(19)15-9-4-3-5-10-15/h3-7,9-14,24H,2,8H2,1H3,(H2,23,25). The van der Waals surface area contributed by atoms with Crippen molar-refractivity contribution in [2.45, 2.75) is 19.8 Å². The molecule has 0 aliphatic rings. The third-order valence-electron chi connectivity index (χ3n) is 4.30. The van der Waals surface area contributed by atoms with Crippen LogP contribution >= 0.6 is 0 Å². The molecular weight excluding hydrogens is 310 g/mol. The number of carbonyl (C=O) groups excluding carboxylic acids is 1. The van der Waals surface area contributed by atoms with Crippen molar-refractivity contribution in [3.05, 3.63) is 77.9 Å². The molecule has 3 aromatic carbocycles. The predicted octanol–water partition coefficient (Wildman–Crippen LogP) is 4.78. The van der Waals surface area contributed by atoms with Crippen LogP contribution in [0, 0.1) is 0 Å². The maximum atomic E-state index is 11.8. The van der Waals surface area contributed by atoms with E-state index in [0.717, 1.165) is 34.2 Å². The molecule has 0 fully saturated rings. The quantitative estimate of drug-likeness (QED) is 0.707. The highest BCUT2D eigenvalue weighted by molar-refractivity contribution is 5.98. The number of aryl methyl sites for hydroxylation is 1. The van der Waals surface area contributed by atoms with Gasteiger partial charge in [0.05, 0.1) is 5.56 Å². The summed E-state index contributed by atoms with van der Waals surface area (Å²) >= 11 is 0. The third kappa shape index (κ3) is 3.41. The molecule has 0 atom stereocenters. The largest absolute Gasteiger partial charge is 0.507 e. The zero-order chi connectivity index (χ0) is 17.8. The second-order valence-corrected chi connectivity index (χ2v) is 6.06. The van der Waals surface area contributed by atoms with E-state index in [9.17, 15) is 9.90 Å². The molecule has 0 aliphatic carbocycles. The van der Waals surface area contributed by atoms with Crippen LogP contribution in [-0.2, 0) is 6.42 Å². The van der Waals surface area contributed by atoms with Crippen LogP contribution in [0.4, 0.5) is 0 Å². The Balaban J connectivity index is 2.22. The summed E-state index contributed by atoms with van der Waals surface area (Å²) in [6.07, 6.45) is 1.56. The molecule has 0 spiro atoms. The summed E-state index contributed by atoms with van der Waals surface area (Å²) < 4.78 is 0. The number of hydrogen-bond donors (Lipinski definition) is 2. The lowest BCUT2D eigenvalue weighted by Crippen LogP contribution is -2.12. The summed E-state index contributed by atoms with van der Waals surface area (Å²) in [5, 5.41) is 10.3. The molecule has 0 aromatic heterocycles. The number of hydrogen-bond acceptors (Lipinski definition) is 2. The van der Waals surface area contributed by atoms with Crippen LogP contribution in [0.15, 0.2) is 66.7 Å². The maximum Gasteiger partial charge on any atom is 0.252 e. The smallest absolute Gasteiger partial charge is 0.252 e. The number of benzene rings is 3. The summed E-state index contributed by atoms with van der Waals surface area (Å²) in [5.74, 6) is -0.621. The fourth-order valence-corrected chi connectivity index (χ4v) is 3.10. The van der Waals surface area contributed by atoms with Crippen molar-refractivity contribution < 1.29 is 9.90 Å². The Hall–Kier alpha value is -3.07. The average molecular weight is 331 g/mol. The minimum Gasteiger partial charge on any atom is -0.507 e. The Kier molecular flexibility index (Phi) is 4.85. The first-order valence-corrected chi connectivity index (χ1v) is 8.42. The topological polar surface area (TPSA) is 63.3 Å². The molecule has 0 aliphatic heterocycles. The van der Waals surface area contributed by atoms with Crippen LogP contribution < -0.4 is 5.73 Å². The zero-order valence-corrected chi connectivity index (χ0v) is 14.2. The van der Waals surface area contributed by atoms with Crippen LogP contribution in [0.3, 0.4) is 0 Å². The first-order chi connectivity index (χ1) is 12.1. The lowest BCUT2D eigenvalue weighted by atomic mass is 9.91. The van der Waals surface area contributed by atoms with Gasteiger partial charge in [0.25, 0.3) is 5.91 Å².